The first-order chi connectivity index (χ1) is 16.1. The SMILES string of the molecule is CC(C)C[C@H](NCCCCCOc1ccc(-c2cc(C(N)=O)c(NC(N)=O)s2)c(Cl)c1)C(=O)O. The summed E-state index contributed by atoms with van der Waals surface area (Å²) >= 11 is 7.57. The number of aliphatic carboxylic acids is 1. The Morgan fingerprint density at radius 3 is 2.47 bits per heavy atom. The second-order valence-electron chi connectivity index (χ2n) is 8.23. The van der Waals surface area contributed by atoms with Gasteiger partial charge in [-0.1, -0.05) is 25.4 Å². The molecule has 0 bridgehead atoms. The van der Waals surface area contributed by atoms with Gasteiger partial charge in [0.15, 0.2) is 0 Å². The summed E-state index contributed by atoms with van der Waals surface area (Å²) in [6.45, 7) is 5.16. The summed E-state index contributed by atoms with van der Waals surface area (Å²) in [6, 6.07) is 5.49. The Kier molecular flexibility index (Phi) is 10.6. The fourth-order valence-corrected chi connectivity index (χ4v) is 4.74. The van der Waals surface area contributed by atoms with E-state index in [1.807, 2.05) is 13.8 Å². The molecule has 0 fully saturated rings. The molecule has 11 heteroatoms. The van der Waals surface area contributed by atoms with Gasteiger partial charge in [0.1, 0.15) is 16.8 Å². The number of hydrogen-bond acceptors (Lipinski definition) is 6. The lowest BCUT2D eigenvalue weighted by Gasteiger charge is -2.16. The zero-order chi connectivity index (χ0) is 25.3. The molecule has 0 aliphatic heterocycles. The normalized spacial score (nSPS) is 11.9. The van der Waals surface area contributed by atoms with Crippen molar-refractivity contribution in [2.24, 2.45) is 17.4 Å². The molecule has 0 unspecified atom stereocenters. The van der Waals surface area contributed by atoms with Gasteiger partial charge in [-0.2, -0.15) is 0 Å². The number of nitrogens with two attached hydrogens (primary N) is 2. The molecule has 3 amide bonds. The van der Waals surface area contributed by atoms with Crippen LogP contribution in [0.2, 0.25) is 5.02 Å². The Morgan fingerprint density at radius 2 is 1.88 bits per heavy atom. The van der Waals surface area contributed by atoms with Gasteiger partial charge in [-0.15, -0.1) is 11.3 Å². The first kappa shape index (κ1) is 27.4. The van der Waals surface area contributed by atoms with E-state index in [0.717, 1.165) is 30.6 Å². The third-order valence-electron chi connectivity index (χ3n) is 4.93. The van der Waals surface area contributed by atoms with E-state index in [1.54, 1.807) is 24.3 Å². The molecule has 1 atom stereocenters. The number of primary amides is 2. The molecule has 9 nitrogen and oxygen atoms in total. The van der Waals surface area contributed by atoms with Crippen molar-refractivity contribution in [3.05, 3.63) is 34.9 Å². The van der Waals surface area contributed by atoms with Gasteiger partial charge in [0.05, 0.1) is 17.2 Å². The molecule has 186 valence electrons. The first-order valence-corrected chi connectivity index (χ1v) is 12.2. The van der Waals surface area contributed by atoms with E-state index in [4.69, 9.17) is 27.8 Å². The van der Waals surface area contributed by atoms with Gasteiger partial charge in [-0.05, 0) is 62.4 Å². The van der Waals surface area contributed by atoms with E-state index in [9.17, 15) is 19.5 Å². The van der Waals surface area contributed by atoms with Crippen LogP contribution in [-0.4, -0.2) is 42.2 Å². The van der Waals surface area contributed by atoms with Gasteiger partial charge in [0.25, 0.3) is 5.91 Å². The molecule has 0 saturated heterocycles. The van der Waals surface area contributed by atoms with Gasteiger partial charge < -0.3 is 26.6 Å². The predicted molar refractivity (Wildman–Crippen MR) is 135 cm³/mol. The predicted octanol–water partition coefficient (Wildman–Crippen LogP) is 4.30. The molecule has 1 aromatic carbocycles. The van der Waals surface area contributed by atoms with Gasteiger partial charge in [0.2, 0.25) is 0 Å². The van der Waals surface area contributed by atoms with E-state index in [2.05, 4.69) is 10.6 Å². The number of benzene rings is 1. The van der Waals surface area contributed by atoms with Crippen LogP contribution >= 0.6 is 22.9 Å². The molecule has 7 N–H and O–H groups in total. The number of carbonyl (C=O) groups is 3. The number of halogens is 1. The average molecular weight is 511 g/mol. The quantitative estimate of drug-likeness (QED) is 0.238. The highest BCUT2D eigenvalue weighted by atomic mass is 35.5. The number of ether oxygens (including phenoxy) is 1. The fraction of sp³-hybridized carbons (Fsp3) is 0.435. The van der Waals surface area contributed by atoms with Crippen molar-refractivity contribution >= 4 is 45.8 Å². The number of nitrogens with one attached hydrogen (secondary N) is 2. The largest absolute Gasteiger partial charge is 0.494 e. The van der Waals surface area contributed by atoms with E-state index in [0.29, 0.717) is 46.7 Å². The minimum Gasteiger partial charge on any atom is -0.494 e. The lowest BCUT2D eigenvalue weighted by atomic mass is 10.0. The highest BCUT2D eigenvalue weighted by molar-refractivity contribution is 7.20. The third-order valence-corrected chi connectivity index (χ3v) is 6.32. The van der Waals surface area contributed by atoms with Crippen molar-refractivity contribution in [2.75, 3.05) is 18.5 Å². The molecule has 0 aliphatic rings. The standard InChI is InChI=1S/C23H31ClN4O5S/c1-13(2)10-18(22(30)31)27-8-4-3-5-9-33-14-6-7-15(17(24)11-14)19-12-16(20(25)29)21(34-19)28-23(26)32/h6-7,11-13,18,27H,3-5,8-10H2,1-2H3,(H2,25,29)(H,30,31)(H3,26,28,32)/t18-/m0/s1. The van der Waals surface area contributed by atoms with Crippen molar-refractivity contribution in [1.82, 2.24) is 5.32 Å². The number of thiophene rings is 1. The van der Waals surface area contributed by atoms with E-state index < -0.39 is 23.9 Å². The number of carboxylic acid groups (broad SMARTS) is 1. The maximum Gasteiger partial charge on any atom is 0.320 e. The topological polar surface area (TPSA) is 157 Å². The Morgan fingerprint density at radius 1 is 1.15 bits per heavy atom. The maximum atomic E-state index is 11.7. The maximum absolute atomic E-state index is 11.7. The molecular weight excluding hydrogens is 480 g/mol. The molecule has 1 aromatic heterocycles. The van der Waals surface area contributed by atoms with Crippen molar-refractivity contribution in [2.45, 2.75) is 45.6 Å². The zero-order valence-corrected chi connectivity index (χ0v) is 20.8. The number of urea groups is 1. The summed E-state index contributed by atoms with van der Waals surface area (Å²) in [6.07, 6.45) is 3.17. The average Bonchev–Trinajstić information content (AvgIpc) is 3.14. The number of unbranched alkanes of at least 4 members (excludes halogenated alkanes) is 2. The van der Waals surface area contributed by atoms with Crippen LogP contribution in [0.3, 0.4) is 0 Å². The minimum absolute atomic E-state index is 0.156. The number of hydrogen-bond donors (Lipinski definition) is 5. The molecule has 2 aromatic rings. The molecule has 1 heterocycles. The van der Waals surface area contributed by atoms with Gasteiger partial charge >= 0.3 is 12.0 Å². The monoisotopic (exact) mass is 510 g/mol. The second kappa shape index (κ2) is 13.2. The summed E-state index contributed by atoms with van der Waals surface area (Å²) in [5, 5.41) is 15.4. The number of anilines is 1. The number of amides is 3. The summed E-state index contributed by atoms with van der Waals surface area (Å²) in [4.78, 5) is 34.7. The van der Waals surface area contributed by atoms with E-state index >= 15 is 0 Å². The third kappa shape index (κ3) is 8.51. The van der Waals surface area contributed by atoms with Crippen LogP contribution in [0.4, 0.5) is 9.80 Å². The van der Waals surface area contributed by atoms with Crippen LogP contribution in [0, 0.1) is 5.92 Å². The van der Waals surface area contributed by atoms with Crippen LogP contribution in [-0.2, 0) is 4.79 Å². The second-order valence-corrected chi connectivity index (χ2v) is 9.69. The highest BCUT2D eigenvalue weighted by Crippen LogP contribution is 2.39. The van der Waals surface area contributed by atoms with Crippen molar-refractivity contribution < 1.29 is 24.2 Å². The molecular formula is C23H31ClN4O5S. The molecule has 0 saturated carbocycles. The number of rotatable bonds is 14. The van der Waals surface area contributed by atoms with Gasteiger partial charge in [0, 0.05) is 10.4 Å². The Hall–Kier alpha value is -2.82. The van der Waals surface area contributed by atoms with Crippen LogP contribution in [0.25, 0.3) is 10.4 Å². The summed E-state index contributed by atoms with van der Waals surface area (Å²) in [7, 11) is 0. The number of carboxylic acids is 1. The fourth-order valence-electron chi connectivity index (χ4n) is 3.31. The van der Waals surface area contributed by atoms with Crippen LogP contribution in [0.5, 0.6) is 5.75 Å². The van der Waals surface area contributed by atoms with E-state index in [1.165, 1.54) is 0 Å². The van der Waals surface area contributed by atoms with Crippen LogP contribution in [0.15, 0.2) is 24.3 Å². The van der Waals surface area contributed by atoms with Crippen LogP contribution < -0.4 is 26.8 Å². The van der Waals surface area contributed by atoms with Crippen molar-refractivity contribution in [3.63, 3.8) is 0 Å². The molecule has 0 spiro atoms. The number of carbonyl (C=O) groups excluding carboxylic acids is 2. The lowest BCUT2D eigenvalue weighted by Crippen LogP contribution is -2.38. The molecule has 0 aliphatic carbocycles. The lowest BCUT2D eigenvalue weighted by molar-refractivity contribution is -0.139. The van der Waals surface area contributed by atoms with Gasteiger partial charge in [-0.25, -0.2) is 4.79 Å². The summed E-state index contributed by atoms with van der Waals surface area (Å²) < 4.78 is 5.77. The molecule has 2 rings (SSSR count). The van der Waals surface area contributed by atoms with Crippen LogP contribution in [0.1, 0.15) is 49.9 Å². The van der Waals surface area contributed by atoms with Crippen molar-refractivity contribution in [1.29, 1.82) is 0 Å². The minimum atomic E-state index is -0.814. The molecule has 0 radical (unpaired) electrons. The highest BCUT2D eigenvalue weighted by Gasteiger charge is 2.18. The summed E-state index contributed by atoms with van der Waals surface area (Å²) in [5.41, 5.74) is 11.4. The Labute approximate surface area is 207 Å². The Bertz CT molecular complexity index is 1010. The molecule has 34 heavy (non-hydrogen) atoms. The van der Waals surface area contributed by atoms with Gasteiger partial charge in [-0.3, -0.25) is 14.9 Å². The first-order valence-electron chi connectivity index (χ1n) is 11.0. The smallest absolute Gasteiger partial charge is 0.320 e. The zero-order valence-electron chi connectivity index (χ0n) is 19.2. The van der Waals surface area contributed by atoms with Crippen molar-refractivity contribution in [3.8, 4) is 16.2 Å². The summed E-state index contributed by atoms with van der Waals surface area (Å²) in [5.74, 6) is -0.571. The van der Waals surface area contributed by atoms with E-state index in [-0.39, 0.29) is 10.6 Å². The Balaban J connectivity index is 1.84.